The Bertz CT molecular complexity index is 1620. The van der Waals surface area contributed by atoms with Crippen LogP contribution in [0.4, 0.5) is 13.6 Å². The second-order valence-electron chi connectivity index (χ2n) is 10.6. The maximum absolute atomic E-state index is 13.8. The fraction of sp³-hybridized carbons (Fsp3) is 0.345. The van der Waals surface area contributed by atoms with E-state index in [9.17, 15) is 18.4 Å². The van der Waals surface area contributed by atoms with Gasteiger partial charge in [0.25, 0.3) is 5.56 Å². The number of nitrogens with zero attached hydrogens (tertiary/aromatic N) is 4. The van der Waals surface area contributed by atoms with Crippen LogP contribution in [0, 0.1) is 11.6 Å². The molecule has 3 aromatic heterocycles. The van der Waals surface area contributed by atoms with Crippen LogP contribution in [0.2, 0.25) is 0 Å². The topological polar surface area (TPSA) is 78.6 Å². The summed E-state index contributed by atoms with van der Waals surface area (Å²) in [7, 11) is 2.00. The second kappa shape index (κ2) is 10.2. The van der Waals surface area contributed by atoms with Crippen LogP contribution in [0.5, 0.6) is 5.75 Å². The van der Waals surface area contributed by atoms with Crippen LogP contribution in [0.1, 0.15) is 37.7 Å². The summed E-state index contributed by atoms with van der Waals surface area (Å²) in [4.78, 5) is 31.0. The van der Waals surface area contributed by atoms with Gasteiger partial charge in [0.15, 0.2) is 5.82 Å². The maximum atomic E-state index is 13.8. The van der Waals surface area contributed by atoms with E-state index in [4.69, 9.17) is 9.47 Å². The van der Waals surface area contributed by atoms with E-state index in [2.05, 4.69) is 9.55 Å². The van der Waals surface area contributed by atoms with Gasteiger partial charge in [0.1, 0.15) is 29.5 Å². The summed E-state index contributed by atoms with van der Waals surface area (Å²) in [5.74, 6) is -1.33. The smallest absolute Gasteiger partial charge is 0.410 e. The molecule has 0 fully saturated rings. The molecule has 1 aliphatic heterocycles. The molecule has 39 heavy (non-hydrogen) atoms. The summed E-state index contributed by atoms with van der Waals surface area (Å²) in [6.45, 7) is 6.49. The van der Waals surface area contributed by atoms with Crippen LogP contribution >= 0.6 is 0 Å². The van der Waals surface area contributed by atoms with Crippen molar-refractivity contribution in [2.24, 2.45) is 7.05 Å². The molecule has 4 heterocycles. The van der Waals surface area contributed by atoms with Crippen molar-refractivity contribution >= 4 is 17.0 Å². The number of rotatable bonds is 4. The Morgan fingerprint density at radius 2 is 1.85 bits per heavy atom. The van der Waals surface area contributed by atoms with Gasteiger partial charge in [-0.2, -0.15) is 0 Å². The lowest BCUT2D eigenvalue weighted by atomic mass is 10.1. The zero-order valence-corrected chi connectivity index (χ0v) is 22.3. The number of hydrogen-bond acceptors (Lipinski definition) is 5. The van der Waals surface area contributed by atoms with Crippen molar-refractivity contribution in [2.75, 3.05) is 13.1 Å². The molecule has 4 aromatic rings. The van der Waals surface area contributed by atoms with Crippen molar-refractivity contribution in [3.8, 4) is 11.4 Å². The third-order valence-corrected chi connectivity index (χ3v) is 6.75. The minimum atomic E-state index is -0.810. The predicted octanol–water partition coefficient (Wildman–Crippen LogP) is 4.92. The van der Waals surface area contributed by atoms with Gasteiger partial charge in [-0.25, -0.2) is 13.6 Å². The molecule has 0 aliphatic carbocycles. The summed E-state index contributed by atoms with van der Waals surface area (Å²) in [5, 5.41) is 1.09. The Hall–Kier alpha value is -4.21. The first-order valence-electron chi connectivity index (χ1n) is 12.7. The van der Waals surface area contributed by atoms with Crippen molar-refractivity contribution in [3.05, 3.63) is 87.7 Å². The Kier molecular flexibility index (Phi) is 6.88. The number of benzene rings is 1. The van der Waals surface area contributed by atoms with Crippen LogP contribution in [0.3, 0.4) is 0 Å². The zero-order valence-electron chi connectivity index (χ0n) is 22.3. The van der Waals surface area contributed by atoms with Crippen molar-refractivity contribution in [1.82, 2.24) is 19.0 Å². The molecule has 0 bridgehead atoms. The lowest BCUT2D eigenvalue weighted by molar-refractivity contribution is 0.0258. The van der Waals surface area contributed by atoms with Crippen molar-refractivity contribution < 1.29 is 23.0 Å². The molecule has 0 radical (unpaired) electrons. The molecule has 0 atom stereocenters. The number of pyridine rings is 2. The first kappa shape index (κ1) is 26.4. The molecule has 0 unspecified atom stereocenters. The van der Waals surface area contributed by atoms with Gasteiger partial charge in [0, 0.05) is 56.0 Å². The molecule has 10 heteroatoms. The Labute approximate surface area is 224 Å². The normalized spacial score (nSPS) is 13.7. The number of aryl methyl sites for hydroxylation is 1. The quantitative estimate of drug-likeness (QED) is 0.370. The van der Waals surface area contributed by atoms with Gasteiger partial charge in [-0.15, -0.1) is 0 Å². The number of fused-ring (bicyclic) bond motifs is 3. The monoisotopic (exact) mass is 536 g/mol. The lowest BCUT2D eigenvalue weighted by Gasteiger charge is -2.26. The van der Waals surface area contributed by atoms with E-state index < -0.39 is 17.2 Å². The Balaban J connectivity index is 1.35. The number of halogens is 2. The van der Waals surface area contributed by atoms with Gasteiger partial charge >= 0.3 is 6.09 Å². The highest BCUT2D eigenvalue weighted by atomic mass is 19.1. The summed E-state index contributed by atoms with van der Waals surface area (Å²) in [6, 6.07) is 9.52. The molecule has 0 N–H and O–H groups in total. The van der Waals surface area contributed by atoms with Crippen LogP contribution < -0.4 is 10.3 Å². The summed E-state index contributed by atoms with van der Waals surface area (Å²) in [5.41, 5.74) is 3.13. The average Bonchev–Trinajstić information content (AvgIpc) is 3.00. The molecular formula is C29H30F2N4O4. The number of aromatic nitrogens is 3. The number of amides is 1. The first-order valence-corrected chi connectivity index (χ1v) is 12.7. The van der Waals surface area contributed by atoms with E-state index in [1.807, 2.05) is 46.0 Å². The lowest BCUT2D eigenvalue weighted by Crippen LogP contribution is -2.38. The van der Waals surface area contributed by atoms with Crippen LogP contribution in [0.15, 0.2) is 53.6 Å². The SMILES string of the molecule is Cn1c2c(c3ccc(-n4ccc(OCc5ncc(F)cc5F)cc4=O)cc31)CCN(C(=O)OC(C)(C)C)CC2. The highest BCUT2D eigenvalue weighted by Crippen LogP contribution is 2.30. The van der Waals surface area contributed by atoms with E-state index >= 15 is 0 Å². The van der Waals surface area contributed by atoms with Crippen LogP contribution in [-0.2, 0) is 31.2 Å². The fourth-order valence-corrected chi connectivity index (χ4v) is 4.88. The average molecular weight is 537 g/mol. The first-order chi connectivity index (χ1) is 18.5. The summed E-state index contributed by atoms with van der Waals surface area (Å²) >= 11 is 0. The van der Waals surface area contributed by atoms with E-state index in [0.29, 0.717) is 31.6 Å². The Morgan fingerprint density at radius 3 is 2.56 bits per heavy atom. The predicted molar refractivity (Wildman–Crippen MR) is 142 cm³/mol. The maximum Gasteiger partial charge on any atom is 0.410 e. The standard InChI is InChI=1S/C29H30F2N4O4/c1-29(2,3)39-28(37)34-10-8-22-21-6-5-19(14-26(21)33(4)25(22)9-11-34)35-12-7-20(15-27(35)36)38-17-24-23(31)13-18(30)16-32-24/h5-7,12-16H,8-11,17H2,1-4H3. The van der Waals surface area contributed by atoms with Gasteiger partial charge in [-0.1, -0.05) is 6.07 Å². The molecule has 0 spiro atoms. The molecule has 204 valence electrons. The number of carbonyl (C=O) groups excluding carboxylic acids is 1. The molecule has 0 saturated carbocycles. The van der Waals surface area contributed by atoms with E-state index in [0.717, 1.165) is 28.9 Å². The summed E-state index contributed by atoms with van der Waals surface area (Å²) < 4.78 is 41.6. The van der Waals surface area contributed by atoms with Crippen molar-refractivity contribution in [3.63, 3.8) is 0 Å². The van der Waals surface area contributed by atoms with E-state index in [1.54, 1.807) is 17.2 Å². The molecule has 8 nitrogen and oxygen atoms in total. The van der Waals surface area contributed by atoms with Gasteiger partial charge in [0.05, 0.1) is 17.4 Å². The van der Waals surface area contributed by atoms with Gasteiger partial charge < -0.3 is 18.9 Å². The minimum absolute atomic E-state index is 0.0521. The zero-order chi connectivity index (χ0) is 27.9. The molecule has 0 saturated heterocycles. The molecule has 1 amide bonds. The van der Waals surface area contributed by atoms with Gasteiger partial charge in [0.2, 0.25) is 0 Å². The van der Waals surface area contributed by atoms with Crippen LogP contribution in [0.25, 0.3) is 16.6 Å². The molecule has 5 rings (SSSR count). The highest BCUT2D eigenvalue weighted by molar-refractivity contribution is 5.87. The summed E-state index contributed by atoms with van der Waals surface area (Å²) in [6.07, 6.45) is 3.62. The highest BCUT2D eigenvalue weighted by Gasteiger charge is 2.26. The third-order valence-electron chi connectivity index (χ3n) is 6.75. The van der Waals surface area contributed by atoms with Gasteiger partial charge in [-0.3, -0.25) is 14.3 Å². The van der Waals surface area contributed by atoms with Gasteiger partial charge in [-0.05, 0) is 51.0 Å². The van der Waals surface area contributed by atoms with Crippen molar-refractivity contribution in [2.45, 2.75) is 45.8 Å². The third kappa shape index (κ3) is 5.50. The molecule has 1 aliphatic rings. The van der Waals surface area contributed by atoms with E-state index in [-0.39, 0.29) is 29.7 Å². The Morgan fingerprint density at radius 1 is 1.08 bits per heavy atom. The van der Waals surface area contributed by atoms with E-state index in [1.165, 1.54) is 16.2 Å². The number of hydrogen-bond donors (Lipinski definition) is 0. The number of carbonyl (C=O) groups is 1. The molecular weight excluding hydrogens is 506 g/mol. The van der Waals surface area contributed by atoms with Crippen molar-refractivity contribution in [1.29, 1.82) is 0 Å². The largest absolute Gasteiger partial charge is 0.487 e. The second-order valence-corrected chi connectivity index (χ2v) is 10.6. The molecule has 1 aromatic carbocycles. The fourth-order valence-electron chi connectivity index (χ4n) is 4.88. The number of ether oxygens (including phenoxy) is 2. The minimum Gasteiger partial charge on any atom is -0.487 e. The van der Waals surface area contributed by atoms with Crippen LogP contribution in [-0.4, -0.2) is 43.8 Å².